The molecule has 3 N–H and O–H groups in total. The Balaban J connectivity index is 1.55. The van der Waals surface area contributed by atoms with Crippen LogP contribution in [0.25, 0.3) is 0 Å². The second kappa shape index (κ2) is 6.95. The maximum Gasteiger partial charge on any atom is 0.255 e. The molecule has 1 saturated heterocycles. The van der Waals surface area contributed by atoms with Gasteiger partial charge in [0.25, 0.3) is 5.91 Å². The summed E-state index contributed by atoms with van der Waals surface area (Å²) < 4.78 is 14.0. The minimum atomic E-state index is -0.691. The smallest absolute Gasteiger partial charge is 0.255 e. The lowest BCUT2D eigenvalue weighted by Gasteiger charge is -2.29. The van der Waals surface area contributed by atoms with E-state index < -0.39 is 23.5 Å². The number of fused-ring (bicyclic) bond motifs is 1. The van der Waals surface area contributed by atoms with E-state index in [0.717, 1.165) is 5.56 Å². The second-order valence-electron chi connectivity index (χ2n) is 6.84. The van der Waals surface area contributed by atoms with Crippen molar-refractivity contribution in [2.24, 2.45) is 0 Å². The van der Waals surface area contributed by atoms with E-state index in [-0.39, 0.29) is 31.3 Å². The number of hydrogen-bond acceptors (Lipinski definition) is 5. The molecule has 0 aliphatic carbocycles. The lowest BCUT2D eigenvalue weighted by atomic mass is 10.0. The summed E-state index contributed by atoms with van der Waals surface area (Å²) in [4.78, 5) is 37.8. The van der Waals surface area contributed by atoms with Crippen molar-refractivity contribution < 1.29 is 23.9 Å². The highest BCUT2D eigenvalue weighted by Gasteiger charge is 2.39. The number of amides is 3. The Morgan fingerprint density at radius 1 is 1.18 bits per heavy atom. The number of nitrogens with one attached hydrogen (secondary N) is 2. The Labute approximate surface area is 160 Å². The van der Waals surface area contributed by atoms with E-state index in [1.807, 2.05) is 0 Å². The van der Waals surface area contributed by atoms with Crippen LogP contribution in [0.2, 0.25) is 0 Å². The van der Waals surface area contributed by atoms with E-state index in [9.17, 15) is 23.9 Å². The van der Waals surface area contributed by atoms with Crippen LogP contribution in [0.4, 0.5) is 10.1 Å². The molecule has 1 atom stereocenters. The first-order valence-electron chi connectivity index (χ1n) is 8.92. The summed E-state index contributed by atoms with van der Waals surface area (Å²) in [6.45, 7) is 0.357. The Kier molecular flexibility index (Phi) is 4.46. The molecule has 1 fully saturated rings. The normalized spacial score (nSPS) is 18.8. The lowest BCUT2D eigenvalue weighted by Crippen LogP contribution is -2.52. The van der Waals surface area contributed by atoms with Crippen LogP contribution in [0, 0.1) is 5.82 Å². The van der Waals surface area contributed by atoms with Crippen LogP contribution >= 0.6 is 0 Å². The van der Waals surface area contributed by atoms with Crippen molar-refractivity contribution in [3.05, 3.63) is 58.9 Å². The van der Waals surface area contributed by atoms with Crippen LogP contribution < -0.4 is 10.6 Å². The van der Waals surface area contributed by atoms with Gasteiger partial charge in [-0.3, -0.25) is 19.7 Å². The molecule has 28 heavy (non-hydrogen) atoms. The van der Waals surface area contributed by atoms with Crippen molar-refractivity contribution in [3.8, 4) is 5.75 Å². The van der Waals surface area contributed by atoms with Gasteiger partial charge in [0.05, 0.1) is 0 Å². The van der Waals surface area contributed by atoms with Crippen LogP contribution in [-0.2, 0) is 22.7 Å². The fourth-order valence-corrected chi connectivity index (χ4v) is 3.64. The molecule has 7 nitrogen and oxygen atoms in total. The van der Waals surface area contributed by atoms with E-state index in [1.54, 1.807) is 30.3 Å². The lowest BCUT2D eigenvalue weighted by molar-refractivity contribution is -0.136. The van der Waals surface area contributed by atoms with Gasteiger partial charge in [0.15, 0.2) is 11.6 Å². The third kappa shape index (κ3) is 3.06. The number of anilines is 1. The number of benzene rings is 2. The standard InChI is InChI=1S/C20H18FN3O4/c21-18-11(3-1-6-16(18)25)9-22-14-5-2-4-12-13(14)10-24(20(12)28)15-7-8-17(26)23-19(15)27/h1-6,15,22,25H,7-10H2,(H,23,26,27)/t15-/m1/s1. The summed E-state index contributed by atoms with van der Waals surface area (Å²) in [6, 6.07) is 8.88. The van der Waals surface area contributed by atoms with Crippen molar-refractivity contribution >= 4 is 23.4 Å². The minimum Gasteiger partial charge on any atom is -0.505 e. The predicted molar refractivity (Wildman–Crippen MR) is 97.9 cm³/mol. The van der Waals surface area contributed by atoms with Crippen molar-refractivity contribution in [1.82, 2.24) is 10.2 Å². The first-order valence-corrected chi connectivity index (χ1v) is 8.92. The Bertz CT molecular complexity index is 991. The number of nitrogens with zero attached hydrogens (tertiary/aromatic N) is 1. The highest BCUT2D eigenvalue weighted by Crippen LogP contribution is 2.32. The number of carbonyl (C=O) groups is 3. The first-order chi connectivity index (χ1) is 13.5. The topological polar surface area (TPSA) is 98.7 Å². The van der Waals surface area contributed by atoms with E-state index in [0.29, 0.717) is 23.2 Å². The number of piperidine rings is 1. The molecule has 2 aliphatic heterocycles. The molecule has 144 valence electrons. The fourth-order valence-electron chi connectivity index (χ4n) is 3.64. The number of carbonyl (C=O) groups excluding carboxylic acids is 3. The molecular weight excluding hydrogens is 365 g/mol. The Hall–Kier alpha value is -3.42. The van der Waals surface area contributed by atoms with E-state index >= 15 is 0 Å². The molecule has 4 rings (SSSR count). The second-order valence-corrected chi connectivity index (χ2v) is 6.84. The van der Waals surface area contributed by atoms with Gasteiger partial charge in [-0.15, -0.1) is 0 Å². The monoisotopic (exact) mass is 383 g/mol. The zero-order chi connectivity index (χ0) is 19.8. The molecule has 0 radical (unpaired) electrons. The molecular formula is C20H18FN3O4. The molecule has 2 heterocycles. The molecule has 2 aromatic rings. The zero-order valence-electron chi connectivity index (χ0n) is 14.9. The number of phenolic OH excluding ortho intramolecular Hbond substituents is 1. The van der Waals surface area contributed by atoms with Crippen molar-refractivity contribution in [1.29, 1.82) is 0 Å². The molecule has 8 heteroatoms. The predicted octanol–water partition coefficient (Wildman–Crippen LogP) is 1.90. The summed E-state index contributed by atoms with van der Waals surface area (Å²) in [6.07, 6.45) is 0.486. The molecule has 2 aliphatic rings. The highest BCUT2D eigenvalue weighted by atomic mass is 19.1. The maximum atomic E-state index is 14.0. The molecule has 2 aromatic carbocycles. The number of phenols is 1. The number of rotatable bonds is 4. The Morgan fingerprint density at radius 2 is 1.96 bits per heavy atom. The zero-order valence-corrected chi connectivity index (χ0v) is 14.9. The maximum absolute atomic E-state index is 14.0. The summed E-state index contributed by atoms with van der Waals surface area (Å²) in [7, 11) is 0. The van der Waals surface area contributed by atoms with Gasteiger partial charge in [0.2, 0.25) is 11.8 Å². The number of imide groups is 1. The largest absolute Gasteiger partial charge is 0.505 e. The average Bonchev–Trinajstić information content (AvgIpc) is 3.00. The fraction of sp³-hybridized carbons (Fsp3) is 0.250. The van der Waals surface area contributed by atoms with Crippen LogP contribution in [0.1, 0.15) is 34.3 Å². The Morgan fingerprint density at radius 3 is 2.75 bits per heavy atom. The average molecular weight is 383 g/mol. The van der Waals surface area contributed by atoms with Crippen LogP contribution in [0.15, 0.2) is 36.4 Å². The van der Waals surface area contributed by atoms with Crippen LogP contribution in [0.5, 0.6) is 5.75 Å². The third-order valence-corrected chi connectivity index (χ3v) is 5.11. The van der Waals surface area contributed by atoms with Gasteiger partial charge in [-0.2, -0.15) is 0 Å². The van der Waals surface area contributed by atoms with Gasteiger partial charge < -0.3 is 15.3 Å². The first kappa shape index (κ1) is 18.0. The molecule has 0 saturated carbocycles. The van der Waals surface area contributed by atoms with Gasteiger partial charge in [-0.25, -0.2) is 4.39 Å². The molecule has 0 unspecified atom stereocenters. The molecule has 0 aromatic heterocycles. The molecule has 3 amide bonds. The SMILES string of the molecule is O=C1CC[C@@H](N2Cc3c(NCc4cccc(O)c4F)cccc3C2=O)C(=O)N1. The van der Waals surface area contributed by atoms with E-state index in [1.165, 1.54) is 11.0 Å². The molecule has 0 spiro atoms. The summed E-state index contributed by atoms with van der Waals surface area (Å²) in [5.41, 5.74) is 2.15. The third-order valence-electron chi connectivity index (χ3n) is 5.11. The number of hydrogen-bond donors (Lipinski definition) is 3. The van der Waals surface area contributed by atoms with E-state index in [4.69, 9.17) is 0 Å². The highest BCUT2D eigenvalue weighted by molar-refractivity contribution is 6.06. The quantitative estimate of drug-likeness (QED) is 0.701. The van der Waals surface area contributed by atoms with Crippen molar-refractivity contribution in [3.63, 3.8) is 0 Å². The summed E-state index contributed by atoms with van der Waals surface area (Å²) >= 11 is 0. The van der Waals surface area contributed by atoms with Gasteiger partial charge >= 0.3 is 0 Å². The van der Waals surface area contributed by atoms with Gasteiger partial charge in [-0.05, 0) is 24.6 Å². The minimum absolute atomic E-state index is 0.128. The molecule has 0 bridgehead atoms. The van der Waals surface area contributed by atoms with Gasteiger partial charge in [0.1, 0.15) is 6.04 Å². The van der Waals surface area contributed by atoms with E-state index in [2.05, 4.69) is 10.6 Å². The van der Waals surface area contributed by atoms with Crippen LogP contribution in [0.3, 0.4) is 0 Å². The number of halogens is 1. The van der Waals surface area contributed by atoms with Crippen molar-refractivity contribution in [2.45, 2.75) is 32.0 Å². The summed E-state index contributed by atoms with van der Waals surface area (Å²) in [5.74, 6) is -2.17. The van der Waals surface area contributed by atoms with Gasteiger partial charge in [-0.1, -0.05) is 18.2 Å². The summed E-state index contributed by atoms with van der Waals surface area (Å²) in [5, 5.41) is 14.9. The van der Waals surface area contributed by atoms with Crippen LogP contribution in [-0.4, -0.2) is 33.8 Å². The number of aromatic hydroxyl groups is 1. The van der Waals surface area contributed by atoms with Crippen molar-refractivity contribution in [2.75, 3.05) is 5.32 Å². The van der Waals surface area contributed by atoms with Gasteiger partial charge in [0, 0.05) is 41.9 Å².